The van der Waals surface area contributed by atoms with E-state index < -0.39 is 0 Å². The van der Waals surface area contributed by atoms with Gasteiger partial charge in [-0.1, -0.05) is 42.5 Å². The Morgan fingerprint density at radius 1 is 0.889 bits per heavy atom. The SMILES string of the molecule is Cc1ccn(-c2ccc(NC(c3ccccc3)c3cccc(F)c3)nn2)n1. The van der Waals surface area contributed by atoms with Crippen LogP contribution in [0.15, 0.2) is 79.0 Å². The van der Waals surface area contributed by atoms with Crippen molar-refractivity contribution >= 4 is 5.82 Å². The number of hydrogen-bond donors (Lipinski definition) is 1. The number of aromatic nitrogens is 4. The molecule has 1 N–H and O–H groups in total. The molecule has 0 saturated carbocycles. The zero-order valence-corrected chi connectivity index (χ0v) is 14.7. The summed E-state index contributed by atoms with van der Waals surface area (Å²) in [6.07, 6.45) is 1.84. The minimum absolute atomic E-state index is 0.242. The van der Waals surface area contributed by atoms with Gasteiger partial charge < -0.3 is 5.32 Å². The summed E-state index contributed by atoms with van der Waals surface area (Å²) in [7, 11) is 0. The van der Waals surface area contributed by atoms with Crippen LogP contribution in [-0.2, 0) is 0 Å². The normalized spacial score (nSPS) is 11.9. The molecule has 1 unspecified atom stereocenters. The highest BCUT2D eigenvalue weighted by Crippen LogP contribution is 2.26. The summed E-state index contributed by atoms with van der Waals surface area (Å²) in [6.45, 7) is 1.92. The standard InChI is InChI=1S/C21H18FN5/c1-15-12-13-27(26-15)20-11-10-19(24-25-20)23-21(16-6-3-2-4-7-16)17-8-5-9-18(22)14-17/h2-14,21H,1H3,(H,23,24). The minimum Gasteiger partial charge on any atom is -0.358 e. The summed E-state index contributed by atoms with van der Waals surface area (Å²) in [6, 6.07) is 21.8. The second-order valence-corrected chi connectivity index (χ2v) is 6.22. The van der Waals surface area contributed by atoms with Crippen molar-refractivity contribution in [1.82, 2.24) is 20.0 Å². The molecule has 0 aliphatic rings. The molecule has 4 rings (SSSR count). The third-order valence-electron chi connectivity index (χ3n) is 4.21. The molecule has 0 spiro atoms. The average molecular weight is 359 g/mol. The van der Waals surface area contributed by atoms with E-state index in [0.29, 0.717) is 11.6 Å². The van der Waals surface area contributed by atoms with Crippen LogP contribution in [0.3, 0.4) is 0 Å². The monoisotopic (exact) mass is 359 g/mol. The molecule has 27 heavy (non-hydrogen) atoms. The first-order chi connectivity index (χ1) is 13.2. The number of hydrogen-bond acceptors (Lipinski definition) is 4. The van der Waals surface area contributed by atoms with Crippen molar-refractivity contribution in [2.75, 3.05) is 5.32 Å². The van der Waals surface area contributed by atoms with Gasteiger partial charge in [0.2, 0.25) is 0 Å². The summed E-state index contributed by atoms with van der Waals surface area (Å²) in [4.78, 5) is 0. The van der Waals surface area contributed by atoms with Crippen LogP contribution in [0, 0.1) is 12.7 Å². The molecule has 0 fully saturated rings. The zero-order valence-electron chi connectivity index (χ0n) is 14.7. The Labute approximate surface area is 156 Å². The van der Waals surface area contributed by atoms with Gasteiger partial charge in [0.05, 0.1) is 11.7 Å². The number of rotatable bonds is 5. The summed E-state index contributed by atoms with van der Waals surface area (Å²) in [5, 5.41) is 16.2. The van der Waals surface area contributed by atoms with Gasteiger partial charge in [0, 0.05) is 6.20 Å². The highest BCUT2D eigenvalue weighted by molar-refractivity contribution is 5.45. The molecule has 0 aliphatic carbocycles. The number of benzene rings is 2. The lowest BCUT2D eigenvalue weighted by Crippen LogP contribution is -2.14. The summed E-state index contributed by atoms with van der Waals surface area (Å²) in [5.74, 6) is 0.960. The van der Waals surface area contributed by atoms with Gasteiger partial charge in [-0.2, -0.15) is 5.10 Å². The molecule has 0 aliphatic heterocycles. The van der Waals surface area contributed by atoms with E-state index in [-0.39, 0.29) is 11.9 Å². The predicted molar refractivity (Wildman–Crippen MR) is 102 cm³/mol. The fourth-order valence-corrected chi connectivity index (χ4v) is 2.91. The van der Waals surface area contributed by atoms with Crippen LogP contribution in [0.4, 0.5) is 10.2 Å². The molecule has 6 heteroatoms. The third kappa shape index (κ3) is 3.84. The highest BCUT2D eigenvalue weighted by Gasteiger charge is 2.15. The fraction of sp³-hybridized carbons (Fsp3) is 0.0952. The van der Waals surface area contributed by atoms with Crippen LogP contribution in [0.25, 0.3) is 5.82 Å². The third-order valence-corrected chi connectivity index (χ3v) is 4.21. The molecule has 0 radical (unpaired) electrons. The topological polar surface area (TPSA) is 55.6 Å². The van der Waals surface area contributed by atoms with Crippen molar-refractivity contribution in [3.8, 4) is 5.82 Å². The summed E-state index contributed by atoms with van der Waals surface area (Å²) in [5.41, 5.74) is 2.74. The minimum atomic E-state index is -0.272. The smallest absolute Gasteiger partial charge is 0.175 e. The van der Waals surface area contributed by atoms with Gasteiger partial charge in [0.25, 0.3) is 0 Å². The van der Waals surface area contributed by atoms with E-state index in [1.807, 2.05) is 67.7 Å². The molecule has 1 atom stereocenters. The molecule has 5 nitrogen and oxygen atoms in total. The van der Waals surface area contributed by atoms with Gasteiger partial charge in [0.1, 0.15) is 11.6 Å². The van der Waals surface area contributed by atoms with Gasteiger partial charge in [0.15, 0.2) is 5.82 Å². The molecular formula is C21H18FN5. The van der Waals surface area contributed by atoms with E-state index in [9.17, 15) is 4.39 Å². The van der Waals surface area contributed by atoms with Crippen LogP contribution in [-0.4, -0.2) is 20.0 Å². The first-order valence-corrected chi connectivity index (χ1v) is 8.62. The van der Waals surface area contributed by atoms with Gasteiger partial charge >= 0.3 is 0 Å². The number of anilines is 1. The highest BCUT2D eigenvalue weighted by atomic mass is 19.1. The van der Waals surface area contributed by atoms with E-state index in [0.717, 1.165) is 16.8 Å². The molecule has 0 bridgehead atoms. The molecule has 2 aromatic heterocycles. The Balaban J connectivity index is 1.63. The molecule has 0 saturated heterocycles. The van der Waals surface area contributed by atoms with Gasteiger partial charge in [-0.05, 0) is 48.4 Å². The first-order valence-electron chi connectivity index (χ1n) is 8.62. The van der Waals surface area contributed by atoms with Crippen molar-refractivity contribution in [2.24, 2.45) is 0 Å². The summed E-state index contributed by atoms with van der Waals surface area (Å²) < 4.78 is 15.4. The van der Waals surface area contributed by atoms with Crippen LogP contribution in [0.2, 0.25) is 0 Å². The van der Waals surface area contributed by atoms with Crippen molar-refractivity contribution in [3.63, 3.8) is 0 Å². The van der Waals surface area contributed by atoms with Crippen molar-refractivity contribution in [1.29, 1.82) is 0 Å². The largest absolute Gasteiger partial charge is 0.358 e. The number of nitrogens with one attached hydrogen (secondary N) is 1. The number of aryl methyl sites for hydroxylation is 1. The Bertz CT molecular complexity index is 1030. The maximum Gasteiger partial charge on any atom is 0.175 e. The second kappa shape index (κ2) is 7.37. The lowest BCUT2D eigenvalue weighted by molar-refractivity contribution is 0.624. The molecule has 2 aromatic carbocycles. The van der Waals surface area contributed by atoms with Gasteiger partial charge in [-0.3, -0.25) is 0 Å². The molecule has 2 heterocycles. The Kier molecular flexibility index (Phi) is 4.61. The number of halogens is 1. The van der Waals surface area contributed by atoms with Crippen molar-refractivity contribution in [3.05, 3.63) is 102 Å². The second-order valence-electron chi connectivity index (χ2n) is 6.22. The summed E-state index contributed by atoms with van der Waals surface area (Å²) >= 11 is 0. The molecule has 4 aromatic rings. The average Bonchev–Trinajstić information content (AvgIpc) is 3.13. The van der Waals surface area contributed by atoms with Crippen LogP contribution in [0.5, 0.6) is 0 Å². The lowest BCUT2D eigenvalue weighted by atomic mass is 9.98. The van der Waals surface area contributed by atoms with Crippen LogP contribution < -0.4 is 5.32 Å². The molecule has 134 valence electrons. The Morgan fingerprint density at radius 3 is 2.37 bits per heavy atom. The van der Waals surface area contributed by atoms with E-state index in [4.69, 9.17) is 0 Å². The molecule has 0 amide bonds. The van der Waals surface area contributed by atoms with E-state index in [1.165, 1.54) is 12.1 Å². The van der Waals surface area contributed by atoms with E-state index in [2.05, 4.69) is 20.6 Å². The maximum atomic E-state index is 13.8. The first kappa shape index (κ1) is 16.9. The quantitative estimate of drug-likeness (QED) is 0.577. The van der Waals surface area contributed by atoms with E-state index >= 15 is 0 Å². The van der Waals surface area contributed by atoms with Crippen LogP contribution >= 0.6 is 0 Å². The predicted octanol–water partition coefficient (Wildman–Crippen LogP) is 4.31. The lowest BCUT2D eigenvalue weighted by Gasteiger charge is -2.20. The van der Waals surface area contributed by atoms with Gasteiger partial charge in [-0.15, -0.1) is 10.2 Å². The molecular weight excluding hydrogens is 341 g/mol. The zero-order chi connectivity index (χ0) is 18.6. The van der Waals surface area contributed by atoms with Crippen molar-refractivity contribution in [2.45, 2.75) is 13.0 Å². The van der Waals surface area contributed by atoms with Gasteiger partial charge in [-0.25, -0.2) is 9.07 Å². The number of nitrogens with zero attached hydrogens (tertiary/aromatic N) is 4. The van der Waals surface area contributed by atoms with Crippen molar-refractivity contribution < 1.29 is 4.39 Å². The Morgan fingerprint density at radius 2 is 1.70 bits per heavy atom. The maximum absolute atomic E-state index is 13.8. The van der Waals surface area contributed by atoms with E-state index in [1.54, 1.807) is 10.7 Å². The Hall–Kier alpha value is -3.54. The van der Waals surface area contributed by atoms with Crippen LogP contribution in [0.1, 0.15) is 22.9 Å². The fourth-order valence-electron chi connectivity index (χ4n) is 2.91.